The van der Waals surface area contributed by atoms with Gasteiger partial charge in [0, 0.05) is 0 Å². The van der Waals surface area contributed by atoms with Gasteiger partial charge in [0.1, 0.15) is 12.0 Å². The third-order valence-corrected chi connectivity index (χ3v) is 1.66. The molecule has 0 saturated heterocycles. The number of amides is 2. The lowest BCUT2D eigenvalue weighted by molar-refractivity contribution is 0.244. The lowest BCUT2D eigenvalue weighted by Crippen LogP contribution is -2.48. The van der Waals surface area contributed by atoms with Crippen molar-refractivity contribution < 1.29 is 4.79 Å². The molecule has 0 atom stereocenters. The lowest BCUT2D eigenvalue weighted by Gasteiger charge is -2.23. The second kappa shape index (κ2) is 2.42. The third kappa shape index (κ3) is 0.892. The summed E-state index contributed by atoms with van der Waals surface area (Å²) in [5.74, 6) is 5.43. The molecule has 0 saturated carbocycles. The first kappa shape index (κ1) is 6.99. The van der Waals surface area contributed by atoms with Crippen LogP contribution in [-0.2, 0) is 6.54 Å². The highest BCUT2D eigenvalue weighted by Crippen LogP contribution is 2.17. The van der Waals surface area contributed by atoms with Crippen molar-refractivity contribution in [2.45, 2.75) is 6.54 Å². The van der Waals surface area contributed by atoms with Crippen LogP contribution < -0.4 is 16.2 Å². The first-order valence-corrected chi connectivity index (χ1v) is 3.40. The zero-order chi connectivity index (χ0) is 8.55. The molecule has 62 valence electrons. The molecule has 1 aliphatic heterocycles. The zero-order valence-corrected chi connectivity index (χ0v) is 6.19. The predicted molar refractivity (Wildman–Crippen MR) is 40.9 cm³/mol. The minimum atomic E-state index is -0.336. The van der Waals surface area contributed by atoms with E-state index in [-0.39, 0.29) is 6.03 Å². The summed E-state index contributed by atoms with van der Waals surface area (Å²) < 4.78 is 0. The average Bonchev–Trinajstić information content (AvgIpc) is 2.12. The second-order valence-electron chi connectivity index (χ2n) is 2.38. The second-order valence-corrected chi connectivity index (χ2v) is 2.38. The molecule has 6 nitrogen and oxygen atoms in total. The van der Waals surface area contributed by atoms with Gasteiger partial charge < -0.3 is 5.32 Å². The SMILES string of the molecule is NN1C(=O)NCc2ncncc21. The maximum atomic E-state index is 11.0. The molecule has 0 aromatic carbocycles. The van der Waals surface area contributed by atoms with Gasteiger partial charge in [-0.15, -0.1) is 0 Å². The fraction of sp³-hybridized carbons (Fsp3) is 0.167. The highest BCUT2D eigenvalue weighted by Gasteiger charge is 2.21. The highest BCUT2D eigenvalue weighted by atomic mass is 16.2. The van der Waals surface area contributed by atoms with Gasteiger partial charge in [-0.1, -0.05) is 0 Å². The number of carbonyl (C=O) groups is 1. The normalized spacial score (nSPS) is 15.4. The summed E-state index contributed by atoms with van der Waals surface area (Å²) in [6.45, 7) is 0.407. The van der Waals surface area contributed by atoms with Crippen molar-refractivity contribution in [3.63, 3.8) is 0 Å². The molecule has 0 radical (unpaired) electrons. The van der Waals surface area contributed by atoms with Gasteiger partial charge in [-0.25, -0.2) is 25.6 Å². The first-order valence-electron chi connectivity index (χ1n) is 3.40. The number of nitrogens with one attached hydrogen (secondary N) is 1. The molecule has 6 heteroatoms. The van der Waals surface area contributed by atoms with Crippen LogP contribution in [0.4, 0.5) is 10.5 Å². The summed E-state index contributed by atoms with van der Waals surface area (Å²) in [6, 6.07) is -0.336. The van der Waals surface area contributed by atoms with E-state index in [9.17, 15) is 4.79 Å². The average molecular weight is 165 g/mol. The Balaban J connectivity index is 2.48. The zero-order valence-electron chi connectivity index (χ0n) is 6.19. The van der Waals surface area contributed by atoms with Gasteiger partial charge in [0.15, 0.2) is 0 Å². The van der Waals surface area contributed by atoms with E-state index in [1.807, 2.05) is 0 Å². The minimum absolute atomic E-state index is 0.336. The van der Waals surface area contributed by atoms with E-state index in [1.54, 1.807) is 0 Å². The minimum Gasteiger partial charge on any atom is -0.331 e. The monoisotopic (exact) mass is 165 g/mol. The summed E-state index contributed by atoms with van der Waals surface area (Å²) in [5, 5.41) is 3.56. The standard InChI is InChI=1S/C6H7N5O/c7-11-5-2-8-3-10-4(5)1-9-6(11)12/h2-3H,1,7H2,(H,9,12). The van der Waals surface area contributed by atoms with E-state index < -0.39 is 0 Å². The van der Waals surface area contributed by atoms with E-state index >= 15 is 0 Å². The van der Waals surface area contributed by atoms with Crippen LogP contribution in [-0.4, -0.2) is 16.0 Å². The Hall–Kier alpha value is -1.69. The van der Waals surface area contributed by atoms with Crippen LogP contribution >= 0.6 is 0 Å². The molecule has 2 rings (SSSR count). The summed E-state index contributed by atoms with van der Waals surface area (Å²) >= 11 is 0. The number of hydrogen-bond acceptors (Lipinski definition) is 4. The van der Waals surface area contributed by atoms with Crippen LogP contribution in [0.25, 0.3) is 0 Å². The number of urea groups is 1. The van der Waals surface area contributed by atoms with E-state index in [0.29, 0.717) is 12.2 Å². The Morgan fingerprint density at radius 2 is 2.50 bits per heavy atom. The number of hydrazine groups is 1. The van der Waals surface area contributed by atoms with Crippen LogP contribution in [0.5, 0.6) is 0 Å². The number of nitrogens with zero attached hydrogens (tertiary/aromatic N) is 3. The molecule has 1 aromatic rings. The quantitative estimate of drug-likeness (QED) is 0.396. The molecule has 1 aromatic heterocycles. The molecule has 12 heavy (non-hydrogen) atoms. The van der Waals surface area contributed by atoms with Gasteiger partial charge in [0.05, 0.1) is 18.4 Å². The number of aromatic nitrogens is 2. The van der Waals surface area contributed by atoms with Crippen LogP contribution in [0.2, 0.25) is 0 Å². The Morgan fingerprint density at radius 3 is 3.33 bits per heavy atom. The summed E-state index contributed by atoms with van der Waals surface area (Å²) in [4.78, 5) is 18.7. The first-order chi connectivity index (χ1) is 5.79. The molecule has 0 fully saturated rings. The molecule has 0 unspecified atom stereocenters. The fourth-order valence-electron chi connectivity index (χ4n) is 1.04. The van der Waals surface area contributed by atoms with E-state index in [4.69, 9.17) is 5.84 Å². The van der Waals surface area contributed by atoms with Crippen molar-refractivity contribution >= 4 is 11.7 Å². The topological polar surface area (TPSA) is 84.1 Å². The Bertz CT molecular complexity index is 325. The summed E-state index contributed by atoms with van der Waals surface area (Å²) in [7, 11) is 0. The van der Waals surface area contributed by atoms with Crippen LogP contribution in [0, 0.1) is 0 Å². The molecular formula is C6H7N5O. The van der Waals surface area contributed by atoms with Gasteiger partial charge in [-0.3, -0.25) is 0 Å². The van der Waals surface area contributed by atoms with Crippen molar-refractivity contribution in [2.24, 2.45) is 5.84 Å². The molecular weight excluding hydrogens is 158 g/mol. The molecule has 2 heterocycles. The summed E-state index contributed by atoms with van der Waals surface area (Å²) in [5.41, 5.74) is 1.29. The van der Waals surface area contributed by atoms with Crippen molar-refractivity contribution in [2.75, 3.05) is 5.01 Å². The predicted octanol–water partition coefficient (Wildman–Crippen LogP) is -0.620. The Morgan fingerprint density at radius 1 is 1.67 bits per heavy atom. The van der Waals surface area contributed by atoms with Crippen molar-refractivity contribution in [3.05, 3.63) is 18.2 Å². The van der Waals surface area contributed by atoms with E-state index in [0.717, 1.165) is 10.7 Å². The molecule has 1 aliphatic rings. The lowest BCUT2D eigenvalue weighted by atomic mass is 10.3. The number of anilines is 1. The van der Waals surface area contributed by atoms with Gasteiger partial charge in [0.25, 0.3) is 0 Å². The van der Waals surface area contributed by atoms with Crippen molar-refractivity contribution in [1.29, 1.82) is 0 Å². The number of fused-ring (bicyclic) bond motifs is 1. The number of carbonyl (C=O) groups excluding carboxylic acids is 1. The summed E-state index contributed by atoms with van der Waals surface area (Å²) in [6.07, 6.45) is 2.94. The van der Waals surface area contributed by atoms with Gasteiger partial charge in [0.2, 0.25) is 0 Å². The van der Waals surface area contributed by atoms with Gasteiger partial charge >= 0.3 is 6.03 Å². The Kier molecular flexibility index (Phi) is 1.41. The van der Waals surface area contributed by atoms with E-state index in [2.05, 4.69) is 15.3 Å². The molecule has 0 bridgehead atoms. The van der Waals surface area contributed by atoms with Crippen molar-refractivity contribution in [1.82, 2.24) is 15.3 Å². The highest BCUT2D eigenvalue weighted by molar-refractivity contribution is 5.92. The smallest absolute Gasteiger partial charge is 0.331 e. The fourth-order valence-corrected chi connectivity index (χ4v) is 1.04. The molecule has 0 spiro atoms. The maximum absolute atomic E-state index is 11.0. The van der Waals surface area contributed by atoms with Gasteiger partial charge in [-0.2, -0.15) is 0 Å². The van der Waals surface area contributed by atoms with Crippen molar-refractivity contribution in [3.8, 4) is 0 Å². The maximum Gasteiger partial charge on any atom is 0.336 e. The van der Waals surface area contributed by atoms with E-state index in [1.165, 1.54) is 12.5 Å². The number of rotatable bonds is 0. The molecule has 3 N–H and O–H groups in total. The molecule has 0 aliphatic carbocycles. The molecule has 2 amide bonds. The number of hydrogen-bond donors (Lipinski definition) is 2. The third-order valence-electron chi connectivity index (χ3n) is 1.66. The number of nitrogens with two attached hydrogens (primary N) is 1. The van der Waals surface area contributed by atoms with Gasteiger partial charge in [-0.05, 0) is 0 Å². The van der Waals surface area contributed by atoms with Crippen LogP contribution in [0.3, 0.4) is 0 Å². The van der Waals surface area contributed by atoms with Crippen LogP contribution in [0.15, 0.2) is 12.5 Å². The van der Waals surface area contributed by atoms with Crippen LogP contribution in [0.1, 0.15) is 5.69 Å². The Labute approximate surface area is 68.4 Å². The largest absolute Gasteiger partial charge is 0.336 e.